The minimum atomic E-state index is -1.04. The highest BCUT2D eigenvalue weighted by molar-refractivity contribution is 5.90. The summed E-state index contributed by atoms with van der Waals surface area (Å²) in [4.78, 5) is 24.3. The Morgan fingerprint density at radius 3 is 2.39 bits per heavy atom. The van der Waals surface area contributed by atoms with Gasteiger partial charge in [0, 0.05) is 0 Å². The first kappa shape index (κ1) is 19.8. The van der Waals surface area contributed by atoms with Gasteiger partial charge in [0.05, 0.1) is 26.2 Å². The number of hydrogen-bond acceptors (Lipinski definition) is 5. The number of methoxy groups -OCH3 is 2. The predicted molar refractivity (Wildman–Crippen MR) is 102 cm³/mol. The summed E-state index contributed by atoms with van der Waals surface area (Å²) in [5, 5.41) is 12.1. The normalized spacial score (nSPS) is 15.2. The Morgan fingerprint density at radius 2 is 1.82 bits per heavy atom. The molecule has 0 aliphatic heterocycles. The first-order chi connectivity index (χ1) is 13.4. The van der Waals surface area contributed by atoms with E-state index in [1.807, 2.05) is 18.2 Å². The number of furan rings is 1. The molecule has 150 valence electrons. The molecular formula is C21H25NO6. The summed E-state index contributed by atoms with van der Waals surface area (Å²) in [6.07, 6.45) is 3.41. The van der Waals surface area contributed by atoms with Gasteiger partial charge in [0.2, 0.25) is 5.91 Å². The van der Waals surface area contributed by atoms with Crippen LogP contribution in [0.15, 0.2) is 28.7 Å². The third kappa shape index (κ3) is 3.56. The molecule has 3 rings (SSSR count). The van der Waals surface area contributed by atoms with E-state index in [4.69, 9.17) is 19.0 Å². The van der Waals surface area contributed by atoms with Crippen LogP contribution in [0.25, 0.3) is 0 Å². The lowest BCUT2D eigenvalue weighted by Crippen LogP contribution is -2.42. The average molecular weight is 387 g/mol. The Balaban J connectivity index is 1.82. The Hall–Kier alpha value is -2.96. The van der Waals surface area contributed by atoms with Crippen LogP contribution in [0.1, 0.15) is 53.1 Å². The van der Waals surface area contributed by atoms with Crippen molar-refractivity contribution < 1.29 is 28.6 Å². The van der Waals surface area contributed by atoms with Gasteiger partial charge in [-0.25, -0.2) is 4.79 Å². The van der Waals surface area contributed by atoms with Gasteiger partial charge >= 0.3 is 5.97 Å². The zero-order valence-corrected chi connectivity index (χ0v) is 16.3. The molecule has 0 bridgehead atoms. The maximum atomic E-state index is 13.2. The topological polar surface area (TPSA) is 98.0 Å². The molecule has 1 aromatic carbocycles. The van der Waals surface area contributed by atoms with Gasteiger partial charge in [-0.2, -0.15) is 0 Å². The lowest BCUT2D eigenvalue weighted by molar-refractivity contribution is -0.126. The molecule has 0 spiro atoms. The largest absolute Gasteiger partial charge is 0.493 e. The third-order valence-electron chi connectivity index (χ3n) is 5.45. The molecule has 0 radical (unpaired) electrons. The number of hydrogen-bond donors (Lipinski definition) is 2. The molecule has 1 heterocycles. The molecule has 1 aromatic heterocycles. The molecule has 1 aliphatic rings. The summed E-state index contributed by atoms with van der Waals surface area (Å²) in [7, 11) is 3.15. The maximum absolute atomic E-state index is 13.2. The number of ether oxygens (including phenoxy) is 2. The van der Waals surface area contributed by atoms with E-state index in [-0.39, 0.29) is 18.0 Å². The number of carbonyl (C=O) groups excluding carboxylic acids is 1. The van der Waals surface area contributed by atoms with E-state index in [0.29, 0.717) is 23.0 Å². The number of nitrogens with one attached hydrogen (secondary N) is 1. The van der Waals surface area contributed by atoms with Crippen LogP contribution in [-0.2, 0) is 16.8 Å². The van der Waals surface area contributed by atoms with E-state index in [1.165, 1.54) is 6.07 Å². The van der Waals surface area contributed by atoms with E-state index in [2.05, 4.69) is 5.32 Å². The van der Waals surface area contributed by atoms with Crippen molar-refractivity contribution in [3.63, 3.8) is 0 Å². The number of carbonyl (C=O) groups is 2. The number of aromatic carboxylic acids is 1. The number of benzene rings is 1. The van der Waals surface area contributed by atoms with E-state index in [0.717, 1.165) is 31.2 Å². The minimum Gasteiger partial charge on any atom is -0.493 e. The maximum Gasteiger partial charge on any atom is 0.339 e. The van der Waals surface area contributed by atoms with Gasteiger partial charge in [0.1, 0.15) is 17.1 Å². The van der Waals surface area contributed by atoms with Gasteiger partial charge in [-0.1, -0.05) is 18.9 Å². The van der Waals surface area contributed by atoms with Gasteiger partial charge in [-0.05, 0) is 43.5 Å². The molecule has 1 saturated carbocycles. The van der Waals surface area contributed by atoms with E-state index in [1.54, 1.807) is 21.1 Å². The van der Waals surface area contributed by atoms with Crippen molar-refractivity contribution >= 4 is 11.9 Å². The Morgan fingerprint density at radius 1 is 1.14 bits per heavy atom. The second-order valence-corrected chi connectivity index (χ2v) is 7.03. The first-order valence-electron chi connectivity index (χ1n) is 9.24. The van der Waals surface area contributed by atoms with Crippen LogP contribution in [0.3, 0.4) is 0 Å². The van der Waals surface area contributed by atoms with Crippen LogP contribution in [-0.4, -0.2) is 31.2 Å². The highest BCUT2D eigenvalue weighted by atomic mass is 16.5. The zero-order chi connectivity index (χ0) is 20.3. The fraction of sp³-hybridized carbons (Fsp3) is 0.429. The first-order valence-corrected chi connectivity index (χ1v) is 9.24. The quantitative estimate of drug-likeness (QED) is 0.755. The molecule has 7 heteroatoms. The Labute approximate surface area is 163 Å². The Kier molecular flexibility index (Phi) is 5.63. The molecule has 1 aliphatic carbocycles. The lowest BCUT2D eigenvalue weighted by Gasteiger charge is -2.29. The highest BCUT2D eigenvalue weighted by Crippen LogP contribution is 2.44. The number of carboxylic acids is 1. The van der Waals surface area contributed by atoms with Crippen LogP contribution in [0.5, 0.6) is 11.5 Å². The van der Waals surface area contributed by atoms with E-state index < -0.39 is 11.4 Å². The Bertz CT molecular complexity index is 879. The van der Waals surface area contributed by atoms with Crippen molar-refractivity contribution in [2.24, 2.45) is 0 Å². The van der Waals surface area contributed by atoms with Gasteiger partial charge in [0.15, 0.2) is 11.5 Å². The number of amides is 1. The van der Waals surface area contributed by atoms with Crippen LogP contribution in [0.2, 0.25) is 0 Å². The smallest absolute Gasteiger partial charge is 0.339 e. The number of aryl methyl sites for hydroxylation is 1. The molecule has 2 aromatic rings. The van der Waals surface area contributed by atoms with Gasteiger partial charge in [-0.15, -0.1) is 0 Å². The van der Waals surface area contributed by atoms with Crippen molar-refractivity contribution in [3.05, 3.63) is 46.9 Å². The predicted octanol–water partition coefficient (Wildman–Crippen LogP) is 3.43. The van der Waals surface area contributed by atoms with Crippen molar-refractivity contribution in [2.45, 2.75) is 44.6 Å². The monoisotopic (exact) mass is 387 g/mol. The van der Waals surface area contributed by atoms with Gasteiger partial charge in [-0.3, -0.25) is 4.79 Å². The van der Waals surface area contributed by atoms with Crippen molar-refractivity contribution in [2.75, 3.05) is 14.2 Å². The molecule has 0 atom stereocenters. The number of carboxylic acid groups (broad SMARTS) is 1. The number of rotatable bonds is 7. The van der Waals surface area contributed by atoms with Crippen LogP contribution >= 0.6 is 0 Å². The molecule has 1 amide bonds. The fourth-order valence-electron chi connectivity index (χ4n) is 3.94. The molecule has 0 unspecified atom stereocenters. The van der Waals surface area contributed by atoms with E-state index >= 15 is 0 Å². The second kappa shape index (κ2) is 7.96. The van der Waals surface area contributed by atoms with Gasteiger partial charge in [0.25, 0.3) is 0 Å². The fourth-order valence-corrected chi connectivity index (χ4v) is 3.94. The molecule has 0 saturated heterocycles. The summed E-state index contributed by atoms with van der Waals surface area (Å²) in [5.74, 6) is 0.814. The van der Waals surface area contributed by atoms with Crippen LogP contribution in [0.4, 0.5) is 0 Å². The summed E-state index contributed by atoms with van der Waals surface area (Å²) < 4.78 is 16.2. The molecule has 1 fully saturated rings. The summed E-state index contributed by atoms with van der Waals surface area (Å²) in [6.45, 7) is 1.73. The van der Waals surface area contributed by atoms with E-state index in [9.17, 15) is 9.59 Å². The van der Waals surface area contributed by atoms with Crippen molar-refractivity contribution in [1.29, 1.82) is 0 Å². The standard InChI is InChI=1S/C21H25NO6/c1-13-16(19(23)24)11-15(28-13)12-22-20(25)21(8-4-5-9-21)14-6-7-17(26-2)18(10-14)27-3/h6-7,10-11H,4-5,8-9,12H2,1-3H3,(H,22,25)(H,23,24). The van der Waals surface area contributed by atoms with Crippen molar-refractivity contribution in [3.8, 4) is 11.5 Å². The molecule has 28 heavy (non-hydrogen) atoms. The van der Waals surface area contributed by atoms with Crippen molar-refractivity contribution in [1.82, 2.24) is 5.32 Å². The van der Waals surface area contributed by atoms with Crippen LogP contribution < -0.4 is 14.8 Å². The summed E-state index contributed by atoms with van der Waals surface area (Å²) in [6, 6.07) is 7.04. The second-order valence-electron chi connectivity index (χ2n) is 7.03. The molecule has 7 nitrogen and oxygen atoms in total. The minimum absolute atomic E-state index is 0.0943. The average Bonchev–Trinajstić information content (AvgIpc) is 3.33. The SMILES string of the molecule is COc1ccc(C2(C(=O)NCc3cc(C(=O)O)c(C)o3)CCCC2)cc1OC. The van der Waals surface area contributed by atoms with Crippen LogP contribution in [0, 0.1) is 6.92 Å². The third-order valence-corrected chi connectivity index (χ3v) is 5.45. The summed E-state index contributed by atoms with van der Waals surface area (Å²) >= 11 is 0. The lowest BCUT2D eigenvalue weighted by atomic mass is 9.77. The summed E-state index contributed by atoms with van der Waals surface area (Å²) in [5.41, 5.74) is 0.360. The highest BCUT2D eigenvalue weighted by Gasteiger charge is 2.43. The molecule has 2 N–H and O–H groups in total. The zero-order valence-electron chi connectivity index (χ0n) is 16.3. The van der Waals surface area contributed by atoms with Gasteiger partial charge < -0.3 is 24.3 Å². The molecular weight excluding hydrogens is 362 g/mol.